The van der Waals surface area contributed by atoms with Gasteiger partial charge in [0.1, 0.15) is 5.82 Å². The Morgan fingerprint density at radius 2 is 2.09 bits per heavy atom. The molecule has 0 N–H and O–H groups in total. The van der Waals surface area contributed by atoms with Crippen molar-refractivity contribution in [3.8, 4) is 0 Å². The second-order valence-corrected chi connectivity index (χ2v) is 5.96. The predicted molar refractivity (Wildman–Crippen MR) is 76.8 cm³/mol. The highest BCUT2D eigenvalue weighted by atomic mass is 32.2. The zero-order chi connectivity index (χ0) is 15.5. The van der Waals surface area contributed by atoms with E-state index in [1.54, 1.807) is 25.1 Å². The zero-order valence-electron chi connectivity index (χ0n) is 12.0. The van der Waals surface area contributed by atoms with E-state index in [1.807, 2.05) is 6.92 Å². The molecule has 0 radical (unpaired) electrons. The molecule has 1 unspecified atom stereocenters. The lowest BCUT2D eigenvalue weighted by Crippen LogP contribution is -1.92. The smallest absolute Gasteiger partial charge is 0.277 e. The number of benzene rings is 1. The second kappa shape index (κ2) is 6.27. The zero-order valence-corrected chi connectivity index (χ0v) is 12.8. The molecule has 0 aliphatic carbocycles. The fourth-order valence-electron chi connectivity index (χ4n) is 1.84. The fourth-order valence-corrected chi connectivity index (χ4v) is 2.57. The SMILES string of the molecule is Cc1noc(C(C)Sc2nnc(Cc3ccccc3F)o2)n1. The van der Waals surface area contributed by atoms with Crippen molar-refractivity contribution in [2.45, 2.75) is 30.7 Å². The molecule has 0 saturated heterocycles. The van der Waals surface area contributed by atoms with Gasteiger partial charge in [0, 0.05) is 0 Å². The summed E-state index contributed by atoms with van der Waals surface area (Å²) >= 11 is 1.32. The topological polar surface area (TPSA) is 77.8 Å². The molecular weight excluding hydrogens is 307 g/mol. The summed E-state index contributed by atoms with van der Waals surface area (Å²) in [6, 6.07) is 6.50. The molecule has 1 aromatic carbocycles. The summed E-state index contributed by atoms with van der Waals surface area (Å²) in [5.41, 5.74) is 0.517. The van der Waals surface area contributed by atoms with Gasteiger partial charge in [-0.1, -0.05) is 35.1 Å². The van der Waals surface area contributed by atoms with Crippen LogP contribution in [0.2, 0.25) is 0 Å². The summed E-state index contributed by atoms with van der Waals surface area (Å²) in [7, 11) is 0. The van der Waals surface area contributed by atoms with E-state index in [1.165, 1.54) is 17.8 Å². The number of thioether (sulfide) groups is 1. The molecule has 2 heterocycles. The minimum absolute atomic E-state index is 0.108. The third kappa shape index (κ3) is 3.33. The van der Waals surface area contributed by atoms with Crippen molar-refractivity contribution in [2.75, 3.05) is 0 Å². The second-order valence-electron chi connectivity index (χ2n) is 4.67. The first-order valence-corrected chi connectivity index (χ1v) is 7.52. The largest absolute Gasteiger partial charge is 0.416 e. The van der Waals surface area contributed by atoms with Gasteiger partial charge in [-0.25, -0.2) is 4.39 Å². The van der Waals surface area contributed by atoms with Gasteiger partial charge in [-0.15, -0.1) is 10.2 Å². The van der Waals surface area contributed by atoms with Crippen LogP contribution in [0.25, 0.3) is 0 Å². The Morgan fingerprint density at radius 1 is 1.27 bits per heavy atom. The van der Waals surface area contributed by atoms with Crippen LogP contribution in [-0.4, -0.2) is 20.3 Å². The summed E-state index contributed by atoms with van der Waals surface area (Å²) in [4.78, 5) is 4.15. The maximum absolute atomic E-state index is 13.6. The first-order valence-electron chi connectivity index (χ1n) is 6.64. The Hall–Kier alpha value is -2.22. The maximum Gasteiger partial charge on any atom is 0.277 e. The van der Waals surface area contributed by atoms with E-state index < -0.39 is 0 Å². The Bertz CT molecular complexity index is 774. The van der Waals surface area contributed by atoms with Crippen LogP contribution in [0.5, 0.6) is 0 Å². The highest BCUT2D eigenvalue weighted by Gasteiger charge is 2.18. The normalized spacial score (nSPS) is 12.5. The van der Waals surface area contributed by atoms with E-state index in [-0.39, 0.29) is 17.5 Å². The van der Waals surface area contributed by atoms with Crippen molar-refractivity contribution in [1.82, 2.24) is 20.3 Å². The Balaban J connectivity index is 1.67. The molecule has 0 aliphatic rings. The van der Waals surface area contributed by atoms with Crippen LogP contribution in [0.4, 0.5) is 4.39 Å². The number of nitrogens with zero attached hydrogens (tertiary/aromatic N) is 4. The average molecular weight is 320 g/mol. The van der Waals surface area contributed by atoms with Crippen molar-refractivity contribution in [2.24, 2.45) is 0 Å². The van der Waals surface area contributed by atoms with Crippen LogP contribution in [0, 0.1) is 12.7 Å². The Morgan fingerprint density at radius 3 is 2.82 bits per heavy atom. The van der Waals surface area contributed by atoms with Gasteiger partial charge in [-0.3, -0.25) is 0 Å². The first-order chi connectivity index (χ1) is 10.6. The van der Waals surface area contributed by atoms with E-state index in [0.29, 0.717) is 28.4 Å². The molecule has 0 fully saturated rings. The van der Waals surface area contributed by atoms with Gasteiger partial charge in [0.2, 0.25) is 11.8 Å². The van der Waals surface area contributed by atoms with E-state index in [2.05, 4.69) is 20.3 Å². The lowest BCUT2D eigenvalue weighted by molar-refractivity contribution is 0.374. The summed E-state index contributed by atoms with van der Waals surface area (Å²) < 4.78 is 24.2. The van der Waals surface area contributed by atoms with Crippen LogP contribution in [0.3, 0.4) is 0 Å². The molecule has 114 valence electrons. The van der Waals surface area contributed by atoms with E-state index >= 15 is 0 Å². The molecule has 0 amide bonds. The molecule has 3 aromatic rings. The highest BCUT2D eigenvalue weighted by Crippen LogP contribution is 2.33. The van der Waals surface area contributed by atoms with Crippen LogP contribution in [-0.2, 0) is 6.42 Å². The van der Waals surface area contributed by atoms with Gasteiger partial charge >= 0.3 is 0 Å². The lowest BCUT2D eigenvalue weighted by Gasteiger charge is -2.01. The summed E-state index contributed by atoms with van der Waals surface area (Å²) in [5, 5.41) is 11.9. The molecular formula is C14H13FN4O2S. The van der Waals surface area contributed by atoms with Crippen LogP contribution >= 0.6 is 11.8 Å². The van der Waals surface area contributed by atoms with Gasteiger partial charge in [0.25, 0.3) is 5.22 Å². The molecule has 8 heteroatoms. The van der Waals surface area contributed by atoms with Gasteiger partial charge in [-0.2, -0.15) is 4.98 Å². The number of aryl methyl sites for hydroxylation is 1. The predicted octanol–water partition coefficient (Wildman–Crippen LogP) is 3.34. The molecule has 0 bridgehead atoms. The van der Waals surface area contributed by atoms with Crippen molar-refractivity contribution in [3.05, 3.63) is 53.3 Å². The molecule has 22 heavy (non-hydrogen) atoms. The van der Waals surface area contributed by atoms with Crippen molar-refractivity contribution >= 4 is 11.8 Å². The molecule has 1 atom stereocenters. The molecule has 6 nitrogen and oxygen atoms in total. The quantitative estimate of drug-likeness (QED) is 0.667. The van der Waals surface area contributed by atoms with E-state index in [4.69, 9.17) is 8.94 Å². The molecule has 0 saturated carbocycles. The third-order valence-corrected chi connectivity index (χ3v) is 3.84. The van der Waals surface area contributed by atoms with Crippen LogP contribution in [0.15, 0.2) is 38.4 Å². The number of hydrogen-bond acceptors (Lipinski definition) is 7. The Labute approximate surface area is 130 Å². The fraction of sp³-hybridized carbons (Fsp3) is 0.286. The van der Waals surface area contributed by atoms with E-state index in [9.17, 15) is 4.39 Å². The monoisotopic (exact) mass is 320 g/mol. The lowest BCUT2D eigenvalue weighted by atomic mass is 10.1. The van der Waals surface area contributed by atoms with Gasteiger partial charge in [-0.05, 0) is 25.5 Å². The first kappa shape index (κ1) is 14.7. The summed E-state index contributed by atoms with van der Waals surface area (Å²) in [5.74, 6) is 1.15. The van der Waals surface area contributed by atoms with Gasteiger partial charge in [0.05, 0.1) is 11.7 Å². The maximum atomic E-state index is 13.6. The molecule has 2 aromatic heterocycles. The van der Waals surface area contributed by atoms with Crippen LogP contribution in [0.1, 0.15) is 35.3 Å². The summed E-state index contributed by atoms with van der Waals surface area (Å²) in [6.45, 7) is 3.65. The number of hydrogen-bond donors (Lipinski definition) is 0. The van der Waals surface area contributed by atoms with Gasteiger partial charge < -0.3 is 8.94 Å². The number of rotatable bonds is 5. The van der Waals surface area contributed by atoms with Crippen molar-refractivity contribution < 1.29 is 13.3 Å². The minimum atomic E-state index is -0.287. The van der Waals surface area contributed by atoms with Gasteiger partial charge in [0.15, 0.2) is 5.82 Å². The standard InChI is InChI=1S/C14H13FN4O2S/c1-8(13-16-9(2)19-21-13)22-14-18-17-12(20-14)7-10-5-3-4-6-11(10)15/h3-6,8H,7H2,1-2H3. The molecule has 3 rings (SSSR count). The van der Waals surface area contributed by atoms with Crippen LogP contribution < -0.4 is 0 Å². The van der Waals surface area contributed by atoms with Crippen molar-refractivity contribution in [3.63, 3.8) is 0 Å². The Kier molecular flexibility index (Phi) is 4.19. The minimum Gasteiger partial charge on any atom is -0.416 e. The third-order valence-electron chi connectivity index (χ3n) is 2.92. The molecule has 0 aliphatic heterocycles. The number of halogens is 1. The van der Waals surface area contributed by atoms with E-state index in [0.717, 1.165) is 0 Å². The molecule has 0 spiro atoms. The summed E-state index contributed by atoms with van der Waals surface area (Å²) in [6.07, 6.45) is 0.258. The highest BCUT2D eigenvalue weighted by molar-refractivity contribution is 7.99. The van der Waals surface area contributed by atoms with Crippen molar-refractivity contribution in [1.29, 1.82) is 0 Å². The number of aromatic nitrogens is 4. The average Bonchev–Trinajstić information content (AvgIpc) is 3.11.